The molecule has 0 radical (unpaired) electrons. The van der Waals surface area contributed by atoms with Gasteiger partial charge in [0.15, 0.2) is 0 Å². The Bertz CT molecular complexity index is 525. The van der Waals surface area contributed by atoms with Gasteiger partial charge in [0.05, 0.1) is 6.54 Å². The van der Waals surface area contributed by atoms with Gasteiger partial charge in [-0.25, -0.2) is 4.98 Å². The Hall–Kier alpha value is -1.13. The summed E-state index contributed by atoms with van der Waals surface area (Å²) in [6, 6.07) is 2.77. The highest BCUT2D eigenvalue weighted by Crippen LogP contribution is 2.40. The Kier molecular flexibility index (Phi) is 3.22. The zero-order valence-corrected chi connectivity index (χ0v) is 11.7. The molecule has 0 saturated heterocycles. The summed E-state index contributed by atoms with van der Waals surface area (Å²) in [5.74, 6) is 0.841. The van der Waals surface area contributed by atoms with E-state index in [9.17, 15) is 0 Å². The van der Waals surface area contributed by atoms with Crippen LogP contribution in [-0.4, -0.2) is 16.6 Å². The first-order valence-corrected chi connectivity index (χ1v) is 7.38. The topological polar surface area (TPSA) is 29.9 Å². The molecule has 2 heterocycles. The molecule has 1 aliphatic carbocycles. The highest BCUT2D eigenvalue weighted by atomic mass is 32.1. The van der Waals surface area contributed by atoms with E-state index in [4.69, 9.17) is 0 Å². The fourth-order valence-corrected chi connectivity index (χ4v) is 3.26. The van der Waals surface area contributed by atoms with Crippen molar-refractivity contribution in [3.05, 3.63) is 40.1 Å². The molecule has 3 rings (SSSR count). The molecule has 0 amide bonds. The molecular weight excluding hydrogens is 242 g/mol. The van der Waals surface area contributed by atoms with Crippen LogP contribution < -0.4 is 5.32 Å². The molecule has 1 fully saturated rings. The summed E-state index contributed by atoms with van der Waals surface area (Å²) in [6.07, 6.45) is 7.15. The Morgan fingerprint density at radius 2 is 2.39 bits per heavy atom. The zero-order chi connectivity index (χ0) is 12.5. The third-order valence-corrected chi connectivity index (χ3v) is 4.47. The number of nitrogens with one attached hydrogen (secondary N) is 1. The molecule has 2 aromatic rings. The molecule has 4 heteroatoms. The zero-order valence-electron chi connectivity index (χ0n) is 10.9. The summed E-state index contributed by atoms with van der Waals surface area (Å²) in [5, 5.41) is 6.73. The van der Waals surface area contributed by atoms with Gasteiger partial charge in [-0.3, -0.25) is 0 Å². The molecule has 1 N–H and O–H groups in total. The van der Waals surface area contributed by atoms with E-state index in [1.54, 1.807) is 11.3 Å². The number of thiazole rings is 1. The Labute approximate surface area is 112 Å². The first-order chi connectivity index (χ1) is 8.76. The van der Waals surface area contributed by atoms with Crippen molar-refractivity contribution in [3.8, 4) is 0 Å². The molecule has 0 aromatic carbocycles. The van der Waals surface area contributed by atoms with Gasteiger partial charge in [-0.2, -0.15) is 0 Å². The molecule has 0 spiro atoms. The van der Waals surface area contributed by atoms with E-state index in [-0.39, 0.29) is 0 Å². The molecule has 1 unspecified atom stereocenters. The maximum absolute atomic E-state index is 4.51. The smallest absolute Gasteiger partial charge is 0.113 e. The first-order valence-electron chi connectivity index (χ1n) is 6.50. The lowest BCUT2D eigenvalue weighted by Gasteiger charge is -2.13. The lowest BCUT2D eigenvalue weighted by Crippen LogP contribution is -2.17. The van der Waals surface area contributed by atoms with E-state index in [2.05, 4.69) is 45.8 Å². The largest absolute Gasteiger partial charge is 0.347 e. The third kappa shape index (κ3) is 2.49. The summed E-state index contributed by atoms with van der Waals surface area (Å²) in [5.41, 5.74) is 2.53. The number of hydrogen-bond acceptors (Lipinski definition) is 3. The normalized spacial score (nSPS) is 17.0. The average Bonchev–Trinajstić information content (AvgIpc) is 2.94. The van der Waals surface area contributed by atoms with E-state index in [1.165, 1.54) is 23.4 Å². The molecule has 96 valence electrons. The van der Waals surface area contributed by atoms with Crippen molar-refractivity contribution in [1.29, 1.82) is 0 Å². The first kappa shape index (κ1) is 11.9. The second-order valence-corrected chi connectivity index (χ2v) is 6.05. The highest BCUT2D eigenvalue weighted by molar-refractivity contribution is 7.09. The predicted molar refractivity (Wildman–Crippen MR) is 74.9 cm³/mol. The standard InChI is InChI=1S/C14H19N3S/c1-10-9-18-13(16-10)8-17-6-5-12(7-17)14(15-2)11-3-4-11/h5-7,9,11,14-15H,3-4,8H2,1-2H3. The lowest BCUT2D eigenvalue weighted by molar-refractivity contribution is 0.528. The summed E-state index contributed by atoms with van der Waals surface area (Å²) < 4.78 is 2.24. The summed E-state index contributed by atoms with van der Waals surface area (Å²) in [7, 11) is 2.06. The lowest BCUT2D eigenvalue weighted by atomic mass is 10.1. The molecule has 0 aliphatic heterocycles. The second-order valence-electron chi connectivity index (χ2n) is 5.10. The van der Waals surface area contributed by atoms with E-state index in [0.717, 1.165) is 18.2 Å². The third-order valence-electron chi connectivity index (χ3n) is 3.52. The molecule has 18 heavy (non-hydrogen) atoms. The van der Waals surface area contributed by atoms with Gasteiger partial charge >= 0.3 is 0 Å². The summed E-state index contributed by atoms with van der Waals surface area (Å²) >= 11 is 1.74. The molecule has 3 nitrogen and oxygen atoms in total. The monoisotopic (exact) mass is 261 g/mol. The minimum absolute atomic E-state index is 0.532. The fraction of sp³-hybridized carbons (Fsp3) is 0.500. The van der Waals surface area contributed by atoms with Crippen LogP contribution in [0.4, 0.5) is 0 Å². The minimum Gasteiger partial charge on any atom is -0.347 e. The predicted octanol–water partition coefficient (Wildman–Crippen LogP) is 2.97. The number of aryl methyl sites for hydroxylation is 1. The van der Waals surface area contributed by atoms with Crippen LogP contribution in [0, 0.1) is 12.8 Å². The van der Waals surface area contributed by atoms with Gasteiger partial charge in [-0.1, -0.05) is 0 Å². The van der Waals surface area contributed by atoms with Gasteiger partial charge in [0.2, 0.25) is 0 Å². The quantitative estimate of drug-likeness (QED) is 0.896. The van der Waals surface area contributed by atoms with Gasteiger partial charge in [-0.05, 0) is 44.4 Å². The molecular formula is C14H19N3S. The summed E-state index contributed by atoms with van der Waals surface area (Å²) in [6.45, 7) is 2.94. The van der Waals surface area contributed by atoms with Crippen molar-refractivity contribution in [2.75, 3.05) is 7.05 Å². The van der Waals surface area contributed by atoms with Crippen LogP contribution in [0.25, 0.3) is 0 Å². The molecule has 1 atom stereocenters. The van der Waals surface area contributed by atoms with E-state index >= 15 is 0 Å². The maximum atomic E-state index is 4.51. The van der Waals surface area contributed by atoms with Gasteiger partial charge in [0.1, 0.15) is 5.01 Å². The van der Waals surface area contributed by atoms with Crippen LogP contribution in [0.2, 0.25) is 0 Å². The number of rotatable bonds is 5. The average molecular weight is 261 g/mol. The Balaban J connectivity index is 1.72. The van der Waals surface area contributed by atoms with Crippen LogP contribution in [0.1, 0.15) is 35.1 Å². The second kappa shape index (κ2) is 4.86. The molecule has 0 bridgehead atoms. The van der Waals surface area contributed by atoms with Crippen molar-refractivity contribution in [3.63, 3.8) is 0 Å². The summed E-state index contributed by atoms with van der Waals surface area (Å²) in [4.78, 5) is 4.51. The van der Waals surface area contributed by atoms with Crippen molar-refractivity contribution in [1.82, 2.24) is 14.9 Å². The number of aromatic nitrogens is 2. The van der Waals surface area contributed by atoms with Gasteiger partial charge in [0, 0.05) is 29.5 Å². The number of nitrogens with zero attached hydrogens (tertiary/aromatic N) is 2. The van der Waals surface area contributed by atoms with Crippen molar-refractivity contribution in [2.24, 2.45) is 5.92 Å². The maximum Gasteiger partial charge on any atom is 0.113 e. The Morgan fingerprint density at radius 1 is 1.56 bits per heavy atom. The van der Waals surface area contributed by atoms with Crippen LogP contribution in [0.3, 0.4) is 0 Å². The fourth-order valence-electron chi connectivity index (χ4n) is 2.48. The van der Waals surface area contributed by atoms with Crippen molar-refractivity contribution >= 4 is 11.3 Å². The van der Waals surface area contributed by atoms with Gasteiger partial charge in [-0.15, -0.1) is 11.3 Å². The van der Waals surface area contributed by atoms with Crippen molar-refractivity contribution < 1.29 is 0 Å². The van der Waals surface area contributed by atoms with Gasteiger partial charge in [0.25, 0.3) is 0 Å². The molecule has 1 aliphatic rings. The van der Waals surface area contributed by atoms with E-state index < -0.39 is 0 Å². The highest BCUT2D eigenvalue weighted by Gasteiger charge is 2.31. The van der Waals surface area contributed by atoms with E-state index in [1.807, 2.05) is 6.92 Å². The Morgan fingerprint density at radius 3 is 3.00 bits per heavy atom. The number of hydrogen-bond donors (Lipinski definition) is 1. The van der Waals surface area contributed by atoms with Crippen LogP contribution in [0.5, 0.6) is 0 Å². The molecule has 2 aromatic heterocycles. The minimum atomic E-state index is 0.532. The van der Waals surface area contributed by atoms with Crippen molar-refractivity contribution in [2.45, 2.75) is 32.4 Å². The van der Waals surface area contributed by atoms with Crippen LogP contribution in [0.15, 0.2) is 23.8 Å². The SMILES string of the molecule is CNC(c1ccn(Cc2nc(C)cs2)c1)C1CC1. The van der Waals surface area contributed by atoms with Gasteiger partial charge < -0.3 is 9.88 Å². The van der Waals surface area contributed by atoms with E-state index in [0.29, 0.717) is 6.04 Å². The van der Waals surface area contributed by atoms with Crippen LogP contribution in [-0.2, 0) is 6.54 Å². The molecule has 1 saturated carbocycles. The van der Waals surface area contributed by atoms with Crippen LogP contribution >= 0.6 is 11.3 Å².